The summed E-state index contributed by atoms with van der Waals surface area (Å²) in [6.07, 6.45) is 10.8. The number of nitrogen functional groups attached to an aromatic ring is 2. The third-order valence-corrected chi connectivity index (χ3v) is 12.1. The van der Waals surface area contributed by atoms with Gasteiger partial charge in [-0.2, -0.15) is 0 Å². The molecule has 59 heavy (non-hydrogen) atoms. The molecule has 3 fully saturated rings. The van der Waals surface area contributed by atoms with Gasteiger partial charge in [-0.15, -0.1) is 0 Å². The van der Waals surface area contributed by atoms with E-state index in [1.54, 1.807) is 12.1 Å². The average Bonchev–Trinajstić information content (AvgIpc) is 3.96. The highest BCUT2D eigenvalue weighted by atomic mass is 16.7. The summed E-state index contributed by atoms with van der Waals surface area (Å²) in [6.45, 7) is 35.1. The fraction of sp³-hybridized carbons (Fsp3) is 0.312. The largest absolute Gasteiger partial charge is 0.400 e. The van der Waals surface area contributed by atoms with Crippen molar-refractivity contribution >= 4 is 61.7 Å². The molecule has 1 saturated heterocycles. The van der Waals surface area contributed by atoms with Gasteiger partial charge in [-0.05, 0) is 133 Å². The maximum Gasteiger partial charge on any atom is 0.190 e. The molecule has 1 aliphatic heterocycles. The van der Waals surface area contributed by atoms with Gasteiger partial charge >= 0.3 is 0 Å². The first-order valence-corrected chi connectivity index (χ1v) is 19.9. The van der Waals surface area contributed by atoms with Crippen LogP contribution in [0.3, 0.4) is 0 Å². The zero-order valence-corrected chi connectivity index (χ0v) is 33.2. The number of benzene rings is 4. The van der Waals surface area contributed by atoms with Gasteiger partial charge in [0.1, 0.15) is 5.78 Å². The van der Waals surface area contributed by atoms with E-state index in [0.29, 0.717) is 72.0 Å². The number of aryl methyl sites for hydroxylation is 2. The number of nitrogens with zero attached hydrogens (tertiary/aromatic N) is 6. The van der Waals surface area contributed by atoms with Crippen LogP contribution in [0.2, 0.25) is 0 Å². The van der Waals surface area contributed by atoms with Gasteiger partial charge in [0.25, 0.3) is 0 Å². The smallest absolute Gasteiger partial charge is 0.190 e. The molecular formula is C48H44N8O3. The summed E-state index contributed by atoms with van der Waals surface area (Å²) in [5.74, 6) is -0.0645. The summed E-state index contributed by atoms with van der Waals surface area (Å²) in [7, 11) is 0. The number of fused-ring (bicyclic) bond motifs is 2. The highest BCUT2D eigenvalue weighted by Gasteiger charge is 2.41. The first kappa shape index (κ1) is 39.0. The van der Waals surface area contributed by atoms with Crippen molar-refractivity contribution in [2.45, 2.75) is 83.1 Å². The Bertz CT molecular complexity index is 2810. The number of nitrogens with two attached hydrogens (primary N) is 2. The molecule has 0 amide bonds. The van der Waals surface area contributed by atoms with Crippen molar-refractivity contribution in [2.75, 3.05) is 24.7 Å². The number of anilines is 2. The van der Waals surface area contributed by atoms with Gasteiger partial charge in [0.2, 0.25) is 0 Å². The zero-order valence-electron chi connectivity index (χ0n) is 33.2. The van der Waals surface area contributed by atoms with E-state index in [-0.39, 0.29) is 6.04 Å². The SMILES string of the molecule is [C-]#[N+]c1cc(N)cc(-c2cn(C3CCC(=O)CC3)c3cc(C)c([N+]#[C-])cc23)c1.[C-]#[N+]c1cc(N)cc(-c2cn(C3CCC4(CC3)OCCO4)c3cc(C)c([N+]#[C-])cc23)c1. The molecule has 0 radical (unpaired) electrons. The number of hydrogen-bond donors (Lipinski definition) is 2. The number of rotatable bonds is 4. The molecule has 0 unspecified atom stereocenters. The van der Waals surface area contributed by atoms with Crippen molar-refractivity contribution < 1.29 is 14.3 Å². The van der Waals surface area contributed by atoms with E-state index in [1.807, 2.05) is 50.2 Å². The van der Waals surface area contributed by atoms with Crippen molar-refractivity contribution in [1.82, 2.24) is 9.13 Å². The molecule has 3 heterocycles. The van der Waals surface area contributed by atoms with Crippen LogP contribution in [0.15, 0.2) is 73.1 Å². The Morgan fingerprint density at radius 1 is 0.610 bits per heavy atom. The standard InChI is InChI=1S/C25H24N4O2.C23H20N4O/c1-16-10-24-21(14-23(16)28-3)22(17-11-18(26)13-19(12-17)27-2)15-29(24)20-4-6-25(7-5-20)30-8-9-31-25;1-14-8-23-20(12-22(14)26-3)21(15-9-16(24)11-17(10-15)25-2)13-27(23)18-4-6-19(28)7-5-18/h10-15,20H,4-9,26H2,1H3;8-13,18H,4-7,24H2,1H3. The van der Waals surface area contributed by atoms with Crippen LogP contribution in [0, 0.1) is 40.1 Å². The van der Waals surface area contributed by atoms with Gasteiger partial charge in [0.05, 0.1) is 39.5 Å². The van der Waals surface area contributed by atoms with E-state index >= 15 is 0 Å². The molecule has 1 spiro atoms. The summed E-state index contributed by atoms with van der Waals surface area (Å²) >= 11 is 0. The minimum atomic E-state index is -0.395. The van der Waals surface area contributed by atoms with Gasteiger partial charge in [-0.3, -0.25) is 4.79 Å². The Kier molecular flexibility index (Phi) is 10.4. The molecule has 4 N–H and O–H groups in total. The van der Waals surface area contributed by atoms with E-state index in [4.69, 9.17) is 47.2 Å². The predicted octanol–water partition coefficient (Wildman–Crippen LogP) is 12.1. The number of ether oxygens (including phenoxy) is 2. The molecule has 3 aliphatic rings. The maximum absolute atomic E-state index is 11.7. The van der Waals surface area contributed by atoms with Crippen molar-refractivity contribution in [3.05, 3.63) is 130 Å². The normalized spacial score (nSPS) is 16.6. The minimum absolute atomic E-state index is 0.258. The second kappa shape index (κ2) is 15.8. The number of carbonyl (C=O) groups is 1. The lowest BCUT2D eigenvalue weighted by atomic mass is 9.90. The third kappa shape index (κ3) is 7.51. The lowest BCUT2D eigenvalue weighted by molar-refractivity contribution is -0.181. The Balaban J connectivity index is 0.000000165. The van der Waals surface area contributed by atoms with E-state index in [2.05, 4.69) is 53.0 Å². The molecule has 2 aromatic heterocycles. The molecule has 4 aromatic carbocycles. The molecule has 11 nitrogen and oxygen atoms in total. The predicted molar refractivity (Wildman–Crippen MR) is 233 cm³/mol. The Morgan fingerprint density at radius 3 is 1.47 bits per heavy atom. The maximum atomic E-state index is 11.7. The van der Waals surface area contributed by atoms with Crippen LogP contribution in [-0.4, -0.2) is 33.9 Å². The van der Waals surface area contributed by atoms with Gasteiger partial charge < -0.3 is 30.1 Å². The molecule has 294 valence electrons. The Labute approximate surface area is 344 Å². The molecule has 2 aliphatic carbocycles. The number of ketones is 1. The minimum Gasteiger partial charge on any atom is -0.400 e. The zero-order chi connectivity index (χ0) is 41.4. The van der Waals surface area contributed by atoms with Crippen molar-refractivity contribution in [3.63, 3.8) is 0 Å². The average molecular weight is 781 g/mol. The molecule has 2 saturated carbocycles. The fourth-order valence-corrected chi connectivity index (χ4v) is 9.10. The van der Waals surface area contributed by atoms with Crippen LogP contribution in [0.1, 0.15) is 74.6 Å². The lowest BCUT2D eigenvalue weighted by Crippen LogP contribution is -2.35. The van der Waals surface area contributed by atoms with E-state index in [1.165, 1.54) is 0 Å². The topological polar surface area (TPSA) is 115 Å². The second-order valence-corrected chi connectivity index (χ2v) is 15.9. The second-order valence-electron chi connectivity index (χ2n) is 15.9. The quantitative estimate of drug-likeness (QED) is 0.137. The third-order valence-electron chi connectivity index (χ3n) is 12.1. The van der Waals surface area contributed by atoms with Crippen molar-refractivity contribution in [2.24, 2.45) is 0 Å². The van der Waals surface area contributed by atoms with Crippen LogP contribution in [-0.2, 0) is 14.3 Å². The molecule has 9 rings (SSSR count). The molecule has 11 heteroatoms. The number of hydrogen-bond acceptors (Lipinski definition) is 5. The monoisotopic (exact) mass is 780 g/mol. The lowest BCUT2D eigenvalue weighted by Gasteiger charge is -2.36. The fourth-order valence-electron chi connectivity index (χ4n) is 9.10. The first-order valence-electron chi connectivity index (χ1n) is 19.9. The van der Waals surface area contributed by atoms with Crippen molar-refractivity contribution in [1.29, 1.82) is 0 Å². The summed E-state index contributed by atoms with van der Waals surface area (Å²) in [6, 6.07) is 19.5. The molecule has 0 bridgehead atoms. The highest BCUT2D eigenvalue weighted by molar-refractivity contribution is 6.01. The number of Topliss-reactive ketones (excluding diaryl/α,β-unsaturated/α-hetero) is 1. The van der Waals surface area contributed by atoms with Crippen LogP contribution >= 0.6 is 0 Å². The van der Waals surface area contributed by atoms with Crippen LogP contribution in [0.5, 0.6) is 0 Å². The molecule has 6 aromatic rings. The molecular weight excluding hydrogens is 737 g/mol. The van der Waals surface area contributed by atoms with Gasteiger partial charge in [-0.25, -0.2) is 19.4 Å². The van der Waals surface area contributed by atoms with Crippen LogP contribution in [0.25, 0.3) is 63.4 Å². The Morgan fingerprint density at radius 2 is 1.05 bits per heavy atom. The summed E-state index contributed by atoms with van der Waals surface area (Å²) in [4.78, 5) is 26.2. The van der Waals surface area contributed by atoms with Gasteiger partial charge in [-0.1, -0.05) is 0 Å². The summed E-state index contributed by atoms with van der Waals surface area (Å²) in [5, 5.41) is 2.00. The summed E-state index contributed by atoms with van der Waals surface area (Å²) in [5.41, 5.74) is 23.4. The highest BCUT2D eigenvalue weighted by Crippen LogP contribution is 2.45. The van der Waals surface area contributed by atoms with Crippen LogP contribution < -0.4 is 11.5 Å². The van der Waals surface area contributed by atoms with E-state index in [0.717, 1.165) is 93.7 Å². The summed E-state index contributed by atoms with van der Waals surface area (Å²) < 4.78 is 16.4. The first-order chi connectivity index (χ1) is 28.5. The van der Waals surface area contributed by atoms with E-state index in [9.17, 15) is 4.79 Å². The van der Waals surface area contributed by atoms with Crippen LogP contribution in [0.4, 0.5) is 34.1 Å². The van der Waals surface area contributed by atoms with Gasteiger partial charge in [0.15, 0.2) is 28.5 Å². The van der Waals surface area contributed by atoms with Crippen molar-refractivity contribution in [3.8, 4) is 22.3 Å². The Hall–Kier alpha value is -6.89. The van der Waals surface area contributed by atoms with Gasteiger partial charge in [0, 0.05) is 83.7 Å². The number of carbonyl (C=O) groups excluding carboxylic acids is 1. The molecule has 0 atom stereocenters. The van der Waals surface area contributed by atoms with E-state index < -0.39 is 5.79 Å². The number of aromatic nitrogens is 2.